The maximum Gasteiger partial charge on any atom is 0.0504 e. The number of hydrogen-bond acceptors (Lipinski definition) is 3. The number of hydrogen-bond donors (Lipinski definition) is 0. The van der Waals surface area contributed by atoms with Crippen molar-refractivity contribution < 1.29 is 0 Å². The molecule has 9 rings (SSSR count). The van der Waals surface area contributed by atoms with Gasteiger partial charge in [-0.2, -0.15) is 0 Å². The van der Waals surface area contributed by atoms with Crippen LogP contribution in [-0.2, 0) is 6.42 Å². The first-order valence-corrected chi connectivity index (χ1v) is 17.2. The van der Waals surface area contributed by atoms with E-state index in [0.29, 0.717) is 5.92 Å². The van der Waals surface area contributed by atoms with E-state index < -0.39 is 0 Å². The minimum Gasteiger partial charge on any atom is -0.310 e. The quantitative estimate of drug-likeness (QED) is 0.188. The van der Waals surface area contributed by atoms with Crippen LogP contribution in [0.1, 0.15) is 36.8 Å². The van der Waals surface area contributed by atoms with Crippen LogP contribution in [0.2, 0.25) is 0 Å². The fourth-order valence-electron chi connectivity index (χ4n) is 7.69. The second-order valence-electron chi connectivity index (χ2n) is 12.6. The van der Waals surface area contributed by atoms with Gasteiger partial charge in [-0.1, -0.05) is 103 Å². The van der Waals surface area contributed by atoms with Crippen molar-refractivity contribution >= 4 is 50.3 Å². The van der Waals surface area contributed by atoms with Gasteiger partial charge in [0.05, 0.1) is 5.69 Å². The van der Waals surface area contributed by atoms with Crippen LogP contribution in [0.3, 0.4) is 0 Å². The Balaban J connectivity index is 1.20. The van der Waals surface area contributed by atoms with Crippen LogP contribution in [-0.4, -0.2) is 4.98 Å². The Labute approximate surface area is 274 Å². The molecular weight excluding hydrogens is 577 g/mol. The highest BCUT2D eigenvalue weighted by molar-refractivity contribution is 7.99. The second kappa shape index (κ2) is 11.5. The third kappa shape index (κ3) is 4.69. The monoisotopic (exact) mass is 610 g/mol. The van der Waals surface area contributed by atoms with Gasteiger partial charge in [-0.15, -0.1) is 0 Å². The lowest BCUT2D eigenvalue weighted by Crippen LogP contribution is -2.18. The van der Waals surface area contributed by atoms with Crippen LogP contribution in [0.15, 0.2) is 166 Å². The number of pyridine rings is 1. The number of allylic oxidation sites excluding steroid dienone is 11. The van der Waals surface area contributed by atoms with Crippen molar-refractivity contribution in [3.63, 3.8) is 0 Å². The highest BCUT2D eigenvalue weighted by Gasteiger charge is 2.26. The summed E-state index contributed by atoms with van der Waals surface area (Å²) >= 11 is 1.89. The van der Waals surface area contributed by atoms with Gasteiger partial charge < -0.3 is 4.90 Å². The fourth-order valence-corrected chi connectivity index (χ4v) is 8.81. The molecule has 3 aliphatic carbocycles. The van der Waals surface area contributed by atoms with Gasteiger partial charge in [0.2, 0.25) is 0 Å². The third-order valence-electron chi connectivity index (χ3n) is 9.91. The molecule has 1 unspecified atom stereocenters. The number of aryl methyl sites for hydroxylation is 1. The van der Waals surface area contributed by atoms with E-state index in [-0.39, 0.29) is 0 Å². The number of rotatable bonds is 4. The van der Waals surface area contributed by atoms with Crippen LogP contribution in [0.25, 0.3) is 27.1 Å². The molecule has 3 heteroatoms. The molecule has 46 heavy (non-hydrogen) atoms. The number of para-hydroxylation sites is 1. The molecular formula is C43H34N2S. The molecule has 0 saturated carbocycles. The number of benzene rings is 4. The summed E-state index contributed by atoms with van der Waals surface area (Å²) in [6.07, 6.45) is 27.7. The maximum absolute atomic E-state index is 4.66. The summed E-state index contributed by atoms with van der Waals surface area (Å²) in [5.41, 5.74) is 10.9. The lowest BCUT2D eigenvalue weighted by Gasteiger charge is -2.30. The summed E-state index contributed by atoms with van der Waals surface area (Å²) in [5, 5.41) is 5.08. The molecule has 2 heterocycles. The molecule has 0 fully saturated rings. The van der Waals surface area contributed by atoms with Gasteiger partial charge in [0.1, 0.15) is 0 Å². The van der Waals surface area contributed by atoms with Crippen LogP contribution >= 0.6 is 11.8 Å². The summed E-state index contributed by atoms with van der Waals surface area (Å²) in [6, 6.07) is 29.2. The predicted octanol–water partition coefficient (Wildman–Crippen LogP) is 11.7. The molecule has 0 amide bonds. The van der Waals surface area contributed by atoms with Gasteiger partial charge in [0.15, 0.2) is 0 Å². The minimum absolute atomic E-state index is 0.423. The zero-order chi connectivity index (χ0) is 30.5. The maximum atomic E-state index is 4.66. The van der Waals surface area contributed by atoms with E-state index in [0.717, 1.165) is 32.1 Å². The average Bonchev–Trinajstić information content (AvgIpc) is 3.28. The summed E-state index contributed by atoms with van der Waals surface area (Å²) in [7, 11) is 0. The number of anilines is 2. The van der Waals surface area contributed by atoms with Crippen molar-refractivity contribution in [1.82, 2.24) is 4.98 Å². The molecule has 222 valence electrons. The Morgan fingerprint density at radius 1 is 0.761 bits per heavy atom. The smallest absolute Gasteiger partial charge is 0.0504 e. The highest BCUT2D eigenvalue weighted by Crippen LogP contribution is 2.48. The average molecular weight is 611 g/mol. The molecule has 5 aromatic rings. The van der Waals surface area contributed by atoms with Crippen LogP contribution in [0.5, 0.6) is 0 Å². The van der Waals surface area contributed by atoms with E-state index in [1.807, 2.05) is 18.0 Å². The molecule has 4 aromatic carbocycles. The van der Waals surface area contributed by atoms with Crippen LogP contribution in [0.4, 0.5) is 11.4 Å². The first kappa shape index (κ1) is 27.5. The van der Waals surface area contributed by atoms with Crippen molar-refractivity contribution in [1.29, 1.82) is 0 Å². The zero-order valence-corrected chi connectivity index (χ0v) is 26.5. The molecule has 2 nitrogen and oxygen atoms in total. The van der Waals surface area contributed by atoms with Gasteiger partial charge in [-0.05, 0) is 113 Å². The minimum atomic E-state index is 0.423. The Morgan fingerprint density at radius 3 is 2.57 bits per heavy atom. The highest BCUT2D eigenvalue weighted by atomic mass is 32.2. The molecule has 1 aliphatic heterocycles. The molecule has 0 saturated heterocycles. The van der Waals surface area contributed by atoms with Crippen molar-refractivity contribution in [2.75, 3.05) is 4.90 Å². The lowest BCUT2D eigenvalue weighted by atomic mass is 9.80. The molecule has 1 aromatic heterocycles. The first-order chi connectivity index (χ1) is 22.8. The molecule has 4 aliphatic rings. The summed E-state index contributed by atoms with van der Waals surface area (Å²) in [5.74, 6) is 0.423. The molecule has 0 bridgehead atoms. The normalized spacial score (nSPS) is 18.6. The predicted molar refractivity (Wildman–Crippen MR) is 195 cm³/mol. The molecule has 0 N–H and O–H groups in total. The van der Waals surface area contributed by atoms with Gasteiger partial charge in [-0.3, -0.25) is 4.98 Å². The van der Waals surface area contributed by atoms with Gasteiger partial charge in [0, 0.05) is 44.9 Å². The van der Waals surface area contributed by atoms with E-state index in [9.17, 15) is 0 Å². The van der Waals surface area contributed by atoms with Crippen molar-refractivity contribution in [2.45, 2.75) is 41.9 Å². The van der Waals surface area contributed by atoms with Crippen molar-refractivity contribution in [3.05, 3.63) is 168 Å². The van der Waals surface area contributed by atoms with Crippen molar-refractivity contribution in [3.8, 4) is 0 Å². The van der Waals surface area contributed by atoms with Gasteiger partial charge in [0.25, 0.3) is 0 Å². The standard InChI is InChI=1S/C43H34N2S/c1-2-13-34(14-3-1)45-40-17-9-6-11-30(40)19-20-31-22-23-35(27-41(31)45)46-43-37-16-8-7-15-36(37)42(39-28-44-25-24-38(39)43)33-21-18-29-10-4-5-12-32(29)26-33/h1-5,7-10,12-18,21-25,27-28,32H,6,11,19-20,26H2. The number of fused-ring (bicyclic) bond motifs is 4. The SMILES string of the molecule is C1=CC2=CC=C(c3c4ccccc4c(Sc4ccc5c(c4)N(c4ccccc4)C4=C(CCC=C4)CC5)c4ccncc34)CC2C=C1. The summed E-state index contributed by atoms with van der Waals surface area (Å²) in [4.78, 5) is 9.71. The molecule has 1 atom stereocenters. The van der Waals surface area contributed by atoms with Gasteiger partial charge in [-0.25, -0.2) is 0 Å². The van der Waals surface area contributed by atoms with Crippen LogP contribution < -0.4 is 4.90 Å². The molecule has 0 spiro atoms. The fraction of sp³-hybridized carbons (Fsp3) is 0.140. The summed E-state index contributed by atoms with van der Waals surface area (Å²) in [6.45, 7) is 0. The Kier molecular flexibility index (Phi) is 6.86. The third-order valence-corrected chi connectivity index (χ3v) is 11.0. The van der Waals surface area contributed by atoms with Crippen molar-refractivity contribution in [2.24, 2.45) is 5.92 Å². The van der Waals surface area contributed by atoms with E-state index in [1.165, 1.54) is 70.7 Å². The lowest BCUT2D eigenvalue weighted by molar-refractivity contribution is 0.794. The Hall–Kier alpha value is -4.86. The largest absolute Gasteiger partial charge is 0.310 e. The van der Waals surface area contributed by atoms with Crippen LogP contribution in [0, 0.1) is 5.92 Å². The Bertz CT molecular complexity index is 2160. The van der Waals surface area contributed by atoms with Gasteiger partial charge >= 0.3 is 0 Å². The summed E-state index contributed by atoms with van der Waals surface area (Å²) < 4.78 is 0. The zero-order valence-electron chi connectivity index (χ0n) is 25.7. The van der Waals surface area contributed by atoms with E-state index in [1.54, 1.807) is 5.57 Å². The van der Waals surface area contributed by atoms with E-state index in [2.05, 4.69) is 144 Å². The Morgan fingerprint density at radius 2 is 1.63 bits per heavy atom. The first-order valence-electron chi connectivity index (χ1n) is 16.4. The van der Waals surface area contributed by atoms with E-state index in [4.69, 9.17) is 0 Å². The number of nitrogens with zero attached hydrogens (tertiary/aromatic N) is 2. The van der Waals surface area contributed by atoms with E-state index >= 15 is 0 Å². The second-order valence-corrected chi connectivity index (χ2v) is 13.7. The number of aromatic nitrogens is 1. The topological polar surface area (TPSA) is 16.1 Å². The molecule has 0 radical (unpaired) electrons.